The molecular formula is C14H30N2O2. The van der Waals surface area contributed by atoms with Gasteiger partial charge < -0.3 is 14.8 Å². The van der Waals surface area contributed by atoms with Crippen LogP contribution in [0.5, 0.6) is 0 Å². The van der Waals surface area contributed by atoms with Crippen molar-refractivity contribution in [2.75, 3.05) is 40.4 Å². The summed E-state index contributed by atoms with van der Waals surface area (Å²) in [6.07, 6.45) is 1.62. The fraction of sp³-hybridized carbons (Fsp3) is 1.00. The molecule has 1 heterocycles. The maximum Gasteiger partial charge on any atom is 0.0971 e. The zero-order valence-corrected chi connectivity index (χ0v) is 12.6. The van der Waals surface area contributed by atoms with Gasteiger partial charge in [-0.15, -0.1) is 0 Å². The van der Waals surface area contributed by atoms with Crippen LogP contribution in [0.25, 0.3) is 0 Å². The van der Waals surface area contributed by atoms with Crippen molar-refractivity contribution in [2.24, 2.45) is 5.92 Å². The molecule has 0 amide bonds. The van der Waals surface area contributed by atoms with Gasteiger partial charge in [-0.05, 0) is 18.9 Å². The van der Waals surface area contributed by atoms with E-state index >= 15 is 0 Å². The molecule has 1 aliphatic rings. The van der Waals surface area contributed by atoms with Crippen LogP contribution in [-0.2, 0) is 9.47 Å². The Bertz CT molecular complexity index is 212. The molecule has 18 heavy (non-hydrogen) atoms. The summed E-state index contributed by atoms with van der Waals surface area (Å²) in [5.74, 6) is 0.652. The quantitative estimate of drug-likeness (QED) is 0.713. The van der Waals surface area contributed by atoms with Gasteiger partial charge in [0.2, 0.25) is 0 Å². The molecule has 1 aliphatic heterocycles. The maximum absolute atomic E-state index is 5.48. The molecule has 1 saturated heterocycles. The third kappa shape index (κ3) is 4.50. The summed E-state index contributed by atoms with van der Waals surface area (Å²) in [5, 5.41) is 3.64. The number of nitrogens with one attached hydrogen (secondary N) is 1. The Balaban J connectivity index is 2.44. The molecule has 0 bridgehead atoms. The molecule has 0 aliphatic carbocycles. The summed E-state index contributed by atoms with van der Waals surface area (Å²) >= 11 is 0. The minimum Gasteiger partial charge on any atom is -0.377 e. The monoisotopic (exact) mass is 258 g/mol. The largest absolute Gasteiger partial charge is 0.377 e. The van der Waals surface area contributed by atoms with Crippen LogP contribution in [0.1, 0.15) is 27.2 Å². The second kappa shape index (κ2) is 8.10. The number of likely N-dealkylation sites (tertiary alicyclic amines) is 1. The molecule has 4 heteroatoms. The van der Waals surface area contributed by atoms with E-state index in [1.54, 1.807) is 14.2 Å². The van der Waals surface area contributed by atoms with E-state index in [-0.39, 0.29) is 12.2 Å². The van der Waals surface area contributed by atoms with Crippen LogP contribution in [0.15, 0.2) is 0 Å². The Morgan fingerprint density at radius 3 is 2.11 bits per heavy atom. The minimum atomic E-state index is 0.217. The van der Waals surface area contributed by atoms with E-state index in [2.05, 4.69) is 31.0 Å². The van der Waals surface area contributed by atoms with Crippen molar-refractivity contribution in [2.45, 2.75) is 45.4 Å². The lowest BCUT2D eigenvalue weighted by molar-refractivity contribution is -0.00461. The average molecular weight is 258 g/mol. The summed E-state index contributed by atoms with van der Waals surface area (Å²) in [7, 11) is 3.55. The molecule has 3 unspecified atom stereocenters. The van der Waals surface area contributed by atoms with Crippen LogP contribution in [-0.4, -0.2) is 63.5 Å². The van der Waals surface area contributed by atoms with E-state index in [1.807, 2.05) is 0 Å². The number of hydrogen-bond acceptors (Lipinski definition) is 4. The highest BCUT2D eigenvalue weighted by Crippen LogP contribution is 2.17. The first-order chi connectivity index (χ1) is 8.62. The van der Waals surface area contributed by atoms with Crippen LogP contribution in [0.2, 0.25) is 0 Å². The van der Waals surface area contributed by atoms with Gasteiger partial charge >= 0.3 is 0 Å². The molecule has 1 rings (SSSR count). The van der Waals surface area contributed by atoms with Gasteiger partial charge in [-0.25, -0.2) is 0 Å². The second-order valence-corrected chi connectivity index (χ2v) is 5.57. The van der Waals surface area contributed by atoms with Crippen LogP contribution in [0.4, 0.5) is 0 Å². The Kier molecular flexibility index (Phi) is 7.15. The van der Waals surface area contributed by atoms with Gasteiger partial charge in [0.05, 0.1) is 12.2 Å². The fourth-order valence-corrected chi connectivity index (χ4v) is 2.54. The molecule has 3 atom stereocenters. The molecule has 0 saturated carbocycles. The Morgan fingerprint density at radius 1 is 1.17 bits per heavy atom. The van der Waals surface area contributed by atoms with E-state index < -0.39 is 0 Å². The fourth-order valence-electron chi connectivity index (χ4n) is 2.54. The van der Waals surface area contributed by atoms with Crippen molar-refractivity contribution in [1.82, 2.24) is 10.2 Å². The van der Waals surface area contributed by atoms with Gasteiger partial charge in [0.25, 0.3) is 0 Å². The van der Waals surface area contributed by atoms with Gasteiger partial charge in [0, 0.05) is 39.9 Å². The summed E-state index contributed by atoms with van der Waals surface area (Å²) in [5.41, 5.74) is 0. The lowest BCUT2D eigenvalue weighted by Crippen LogP contribution is -2.44. The summed E-state index contributed by atoms with van der Waals surface area (Å²) in [4.78, 5) is 2.45. The smallest absolute Gasteiger partial charge is 0.0971 e. The highest BCUT2D eigenvalue weighted by molar-refractivity contribution is 4.88. The maximum atomic E-state index is 5.48. The van der Waals surface area contributed by atoms with Crippen molar-refractivity contribution >= 4 is 0 Å². The lowest BCUT2D eigenvalue weighted by atomic mass is 10.0. The number of rotatable bonds is 8. The minimum absolute atomic E-state index is 0.217. The zero-order chi connectivity index (χ0) is 13.5. The number of methoxy groups -OCH3 is 2. The molecule has 0 aromatic heterocycles. The molecule has 4 nitrogen and oxygen atoms in total. The topological polar surface area (TPSA) is 33.7 Å². The predicted octanol–water partition coefficient (Wildman–Crippen LogP) is 1.36. The van der Waals surface area contributed by atoms with Crippen molar-refractivity contribution in [3.63, 3.8) is 0 Å². The molecule has 1 N–H and O–H groups in total. The summed E-state index contributed by atoms with van der Waals surface area (Å²) in [6.45, 7) is 10.9. The van der Waals surface area contributed by atoms with E-state index in [4.69, 9.17) is 9.47 Å². The van der Waals surface area contributed by atoms with Gasteiger partial charge in [-0.3, -0.25) is 4.90 Å². The molecule has 108 valence electrons. The van der Waals surface area contributed by atoms with Crippen molar-refractivity contribution in [3.05, 3.63) is 0 Å². The molecule has 0 aromatic rings. The van der Waals surface area contributed by atoms with Gasteiger partial charge in [-0.2, -0.15) is 0 Å². The van der Waals surface area contributed by atoms with Crippen LogP contribution >= 0.6 is 0 Å². The highest BCUT2D eigenvalue weighted by Gasteiger charge is 2.34. The molecule has 0 radical (unpaired) electrons. The summed E-state index contributed by atoms with van der Waals surface area (Å²) in [6, 6.07) is 0.554. The predicted molar refractivity (Wildman–Crippen MR) is 75.0 cm³/mol. The molecular weight excluding hydrogens is 228 g/mol. The Morgan fingerprint density at radius 2 is 1.72 bits per heavy atom. The third-order valence-electron chi connectivity index (χ3n) is 3.81. The van der Waals surface area contributed by atoms with Crippen LogP contribution < -0.4 is 5.32 Å². The van der Waals surface area contributed by atoms with Crippen LogP contribution in [0.3, 0.4) is 0 Å². The van der Waals surface area contributed by atoms with Crippen molar-refractivity contribution < 1.29 is 9.47 Å². The van der Waals surface area contributed by atoms with E-state index in [0.29, 0.717) is 12.0 Å². The molecule has 0 spiro atoms. The second-order valence-electron chi connectivity index (χ2n) is 5.57. The molecule has 0 aromatic carbocycles. The SMILES string of the molecule is CCCNC(CN1CC(OC)C(OC)C1)C(C)C. The van der Waals surface area contributed by atoms with Gasteiger partial charge in [0.1, 0.15) is 0 Å². The standard InChI is InChI=1S/C14H30N2O2/c1-6-7-15-12(11(2)3)8-16-9-13(17-4)14(10-16)18-5/h11-15H,6-10H2,1-5H3. The lowest BCUT2D eigenvalue weighted by Gasteiger charge is -2.27. The van der Waals surface area contributed by atoms with Crippen LogP contribution in [0, 0.1) is 5.92 Å². The Labute approximate surface area is 112 Å². The number of hydrogen-bond donors (Lipinski definition) is 1. The first-order valence-corrected chi connectivity index (χ1v) is 7.13. The summed E-state index contributed by atoms with van der Waals surface area (Å²) < 4.78 is 11.0. The highest BCUT2D eigenvalue weighted by atomic mass is 16.5. The zero-order valence-electron chi connectivity index (χ0n) is 12.6. The first kappa shape index (κ1) is 15.9. The molecule has 1 fully saturated rings. The van der Waals surface area contributed by atoms with E-state index in [0.717, 1.165) is 26.2 Å². The van der Waals surface area contributed by atoms with E-state index in [9.17, 15) is 0 Å². The average Bonchev–Trinajstić information content (AvgIpc) is 2.76. The van der Waals surface area contributed by atoms with Crippen molar-refractivity contribution in [1.29, 1.82) is 0 Å². The van der Waals surface area contributed by atoms with Gasteiger partial charge in [-0.1, -0.05) is 20.8 Å². The van der Waals surface area contributed by atoms with Gasteiger partial charge in [0.15, 0.2) is 0 Å². The van der Waals surface area contributed by atoms with E-state index in [1.165, 1.54) is 6.42 Å². The number of ether oxygens (including phenoxy) is 2. The number of nitrogens with zero attached hydrogens (tertiary/aromatic N) is 1. The Hall–Kier alpha value is -0.160. The van der Waals surface area contributed by atoms with Crippen molar-refractivity contribution in [3.8, 4) is 0 Å². The first-order valence-electron chi connectivity index (χ1n) is 7.13. The third-order valence-corrected chi connectivity index (χ3v) is 3.81. The normalized spacial score (nSPS) is 27.0.